The Morgan fingerprint density at radius 2 is 1.96 bits per heavy atom. The van der Waals surface area contributed by atoms with Gasteiger partial charge in [0.05, 0.1) is 5.71 Å². The predicted octanol–water partition coefficient (Wildman–Crippen LogP) is 4.59. The lowest BCUT2D eigenvalue weighted by Crippen LogP contribution is -2.46. The van der Waals surface area contributed by atoms with Crippen LogP contribution >= 0.6 is 23.2 Å². The molecular formula is C18H18Cl2N2O2. The van der Waals surface area contributed by atoms with Crippen molar-refractivity contribution >= 4 is 34.6 Å². The number of benzodiazepines with no additional fused rings is 1. The maximum Gasteiger partial charge on any atom is 0.269 e. The van der Waals surface area contributed by atoms with Crippen molar-refractivity contribution in [3.63, 3.8) is 0 Å². The zero-order valence-corrected chi connectivity index (χ0v) is 15.0. The van der Waals surface area contributed by atoms with Gasteiger partial charge in [-0.1, -0.05) is 41.4 Å². The van der Waals surface area contributed by atoms with Gasteiger partial charge in [0.2, 0.25) is 0 Å². The molecule has 3 rings (SSSR count). The zero-order valence-electron chi connectivity index (χ0n) is 13.5. The van der Waals surface area contributed by atoms with E-state index in [1.54, 1.807) is 7.11 Å². The van der Waals surface area contributed by atoms with E-state index in [9.17, 15) is 0 Å². The third-order valence-electron chi connectivity index (χ3n) is 3.84. The molecule has 0 amide bonds. The highest BCUT2D eigenvalue weighted by Crippen LogP contribution is 2.32. The fourth-order valence-corrected chi connectivity index (χ4v) is 3.10. The Balaban J connectivity index is 2.18. The molecule has 0 aromatic heterocycles. The minimum absolute atomic E-state index is 0.282. The molecule has 1 aliphatic heterocycles. The van der Waals surface area contributed by atoms with Crippen LogP contribution in [0.3, 0.4) is 0 Å². The van der Waals surface area contributed by atoms with Crippen molar-refractivity contribution in [1.29, 1.82) is 0 Å². The summed E-state index contributed by atoms with van der Waals surface area (Å²) in [5.74, 6) is -1.03. The monoisotopic (exact) mass is 364 g/mol. The van der Waals surface area contributed by atoms with Crippen molar-refractivity contribution in [2.45, 2.75) is 12.8 Å². The van der Waals surface area contributed by atoms with E-state index < -0.39 is 5.91 Å². The van der Waals surface area contributed by atoms with E-state index in [4.69, 9.17) is 37.7 Å². The van der Waals surface area contributed by atoms with Gasteiger partial charge in [0.25, 0.3) is 5.91 Å². The van der Waals surface area contributed by atoms with Crippen LogP contribution in [0.4, 0.5) is 5.69 Å². The molecule has 2 aromatic carbocycles. The second-order valence-corrected chi connectivity index (χ2v) is 6.19. The largest absolute Gasteiger partial charge is 0.335 e. The number of ether oxygens (including phenoxy) is 2. The van der Waals surface area contributed by atoms with E-state index in [0.29, 0.717) is 16.7 Å². The van der Waals surface area contributed by atoms with E-state index in [1.165, 1.54) is 0 Å². The normalized spacial score (nSPS) is 19.9. The molecule has 1 unspecified atom stereocenters. The fourth-order valence-electron chi connectivity index (χ4n) is 2.71. The molecule has 0 aliphatic carbocycles. The quantitative estimate of drug-likeness (QED) is 0.806. The van der Waals surface area contributed by atoms with Crippen LogP contribution in [0, 0.1) is 0 Å². The molecule has 1 heterocycles. The summed E-state index contributed by atoms with van der Waals surface area (Å²) < 4.78 is 11.4. The van der Waals surface area contributed by atoms with E-state index in [-0.39, 0.29) is 6.54 Å². The van der Waals surface area contributed by atoms with E-state index in [2.05, 4.69) is 5.32 Å². The lowest BCUT2D eigenvalue weighted by Gasteiger charge is -2.31. The van der Waals surface area contributed by atoms with Crippen LogP contribution in [-0.2, 0) is 9.47 Å². The number of benzene rings is 2. The van der Waals surface area contributed by atoms with E-state index in [0.717, 1.165) is 22.5 Å². The summed E-state index contributed by atoms with van der Waals surface area (Å²) in [5.41, 5.74) is 3.28. The molecule has 0 bridgehead atoms. The standard InChI is InChI=1S/C18H18Cl2N2O2/c1-3-24-18(23-2)11-21-17(13-6-4-5-7-15(13)20)14-10-12(19)8-9-16(14)22-18/h4-10,22H,3,11H2,1-2H3. The highest BCUT2D eigenvalue weighted by atomic mass is 35.5. The molecule has 2 aromatic rings. The number of hydrogen-bond acceptors (Lipinski definition) is 4. The molecule has 0 fully saturated rings. The summed E-state index contributed by atoms with van der Waals surface area (Å²) in [6, 6.07) is 13.2. The molecule has 1 N–H and O–H groups in total. The van der Waals surface area contributed by atoms with Gasteiger partial charge in [0.15, 0.2) is 0 Å². The third kappa shape index (κ3) is 3.28. The Kier molecular flexibility index (Phi) is 5.11. The van der Waals surface area contributed by atoms with Crippen LogP contribution < -0.4 is 5.32 Å². The van der Waals surface area contributed by atoms with Gasteiger partial charge in [0, 0.05) is 40.6 Å². The van der Waals surface area contributed by atoms with Crippen molar-refractivity contribution in [3.05, 3.63) is 63.6 Å². The summed E-state index contributed by atoms with van der Waals surface area (Å²) in [5, 5.41) is 4.56. The zero-order chi connectivity index (χ0) is 17.2. The van der Waals surface area contributed by atoms with Gasteiger partial charge in [-0.15, -0.1) is 0 Å². The van der Waals surface area contributed by atoms with Crippen LogP contribution in [0.25, 0.3) is 0 Å². The molecular weight excluding hydrogens is 347 g/mol. The summed E-state index contributed by atoms with van der Waals surface area (Å²) in [6.07, 6.45) is 0. The summed E-state index contributed by atoms with van der Waals surface area (Å²) in [6.45, 7) is 2.68. The number of aliphatic imine (C=N–C) groups is 1. The lowest BCUT2D eigenvalue weighted by atomic mass is 10.0. The van der Waals surface area contributed by atoms with Crippen molar-refractivity contribution in [3.8, 4) is 0 Å². The van der Waals surface area contributed by atoms with Gasteiger partial charge in [-0.2, -0.15) is 0 Å². The van der Waals surface area contributed by atoms with Gasteiger partial charge in [-0.3, -0.25) is 4.99 Å². The number of nitrogens with one attached hydrogen (secondary N) is 1. The van der Waals surface area contributed by atoms with Gasteiger partial charge in [0.1, 0.15) is 6.54 Å². The molecule has 0 saturated heterocycles. The minimum Gasteiger partial charge on any atom is -0.335 e. The van der Waals surface area contributed by atoms with Crippen molar-refractivity contribution in [1.82, 2.24) is 0 Å². The Labute approximate surface area is 151 Å². The van der Waals surface area contributed by atoms with Crippen molar-refractivity contribution in [2.24, 2.45) is 4.99 Å². The molecule has 4 nitrogen and oxygen atoms in total. The van der Waals surface area contributed by atoms with Crippen molar-refractivity contribution < 1.29 is 9.47 Å². The number of methoxy groups -OCH3 is 1. The second kappa shape index (κ2) is 7.11. The first-order chi connectivity index (χ1) is 11.6. The minimum atomic E-state index is -1.03. The molecule has 1 atom stereocenters. The maximum atomic E-state index is 6.39. The maximum absolute atomic E-state index is 6.39. The molecule has 0 saturated carbocycles. The van der Waals surface area contributed by atoms with Crippen LogP contribution in [0.5, 0.6) is 0 Å². The number of rotatable bonds is 4. The third-order valence-corrected chi connectivity index (χ3v) is 4.41. The average molecular weight is 365 g/mol. The average Bonchev–Trinajstić information content (AvgIpc) is 2.73. The van der Waals surface area contributed by atoms with Crippen LogP contribution in [0.1, 0.15) is 18.1 Å². The molecule has 24 heavy (non-hydrogen) atoms. The first-order valence-electron chi connectivity index (χ1n) is 7.65. The highest BCUT2D eigenvalue weighted by Gasteiger charge is 2.34. The topological polar surface area (TPSA) is 42.9 Å². The molecule has 0 radical (unpaired) electrons. The fraction of sp³-hybridized carbons (Fsp3) is 0.278. The van der Waals surface area contributed by atoms with Gasteiger partial charge in [-0.05, 0) is 31.2 Å². The number of fused-ring (bicyclic) bond motifs is 1. The highest BCUT2D eigenvalue weighted by molar-refractivity contribution is 6.36. The molecule has 126 valence electrons. The molecule has 6 heteroatoms. The van der Waals surface area contributed by atoms with Crippen LogP contribution in [0.2, 0.25) is 10.0 Å². The smallest absolute Gasteiger partial charge is 0.269 e. The number of anilines is 1. The van der Waals surface area contributed by atoms with Gasteiger partial charge >= 0.3 is 0 Å². The number of nitrogens with zero attached hydrogens (tertiary/aromatic N) is 1. The molecule has 1 aliphatic rings. The Bertz CT molecular complexity index is 779. The lowest BCUT2D eigenvalue weighted by molar-refractivity contribution is -0.191. The Hall–Kier alpha value is -1.59. The number of halogens is 2. The molecule has 0 spiro atoms. The second-order valence-electron chi connectivity index (χ2n) is 5.35. The van der Waals surface area contributed by atoms with Gasteiger partial charge in [-0.25, -0.2) is 0 Å². The first kappa shape index (κ1) is 17.2. The Morgan fingerprint density at radius 3 is 2.67 bits per heavy atom. The number of hydrogen-bond donors (Lipinski definition) is 1. The summed E-state index contributed by atoms with van der Waals surface area (Å²) in [4.78, 5) is 4.74. The Morgan fingerprint density at radius 1 is 1.17 bits per heavy atom. The van der Waals surface area contributed by atoms with E-state index >= 15 is 0 Å². The summed E-state index contributed by atoms with van der Waals surface area (Å²) in [7, 11) is 1.59. The predicted molar refractivity (Wildman–Crippen MR) is 98.4 cm³/mol. The van der Waals surface area contributed by atoms with Crippen LogP contribution in [0.15, 0.2) is 47.5 Å². The van der Waals surface area contributed by atoms with Gasteiger partial charge < -0.3 is 14.8 Å². The van der Waals surface area contributed by atoms with E-state index in [1.807, 2.05) is 49.4 Å². The first-order valence-corrected chi connectivity index (χ1v) is 8.40. The van der Waals surface area contributed by atoms with Crippen LogP contribution in [-0.4, -0.2) is 31.9 Å². The van der Waals surface area contributed by atoms with Crippen molar-refractivity contribution in [2.75, 3.05) is 25.6 Å². The SMILES string of the molecule is CCOC1(OC)CN=C(c2ccccc2Cl)c2cc(Cl)ccc2N1. The summed E-state index contributed by atoms with van der Waals surface area (Å²) >= 11 is 12.6.